The number of methoxy groups -OCH3 is 1. The molecule has 0 radical (unpaired) electrons. The SMILES string of the molecule is COCc1onc(-c2ccccc2)c1C(=O)CBr. The molecule has 2 aromatic rings. The first-order chi connectivity index (χ1) is 8.77. The molecule has 0 saturated carbocycles. The fourth-order valence-electron chi connectivity index (χ4n) is 1.70. The van der Waals surface area contributed by atoms with Crippen molar-refractivity contribution in [2.45, 2.75) is 6.61 Å². The summed E-state index contributed by atoms with van der Waals surface area (Å²) >= 11 is 3.17. The van der Waals surface area contributed by atoms with E-state index in [1.807, 2.05) is 30.3 Å². The van der Waals surface area contributed by atoms with Gasteiger partial charge in [0.05, 0.1) is 10.9 Å². The highest BCUT2D eigenvalue weighted by atomic mass is 79.9. The lowest BCUT2D eigenvalue weighted by molar-refractivity contribution is 0.101. The zero-order valence-electron chi connectivity index (χ0n) is 9.85. The number of carbonyl (C=O) groups is 1. The Labute approximate surface area is 113 Å². The summed E-state index contributed by atoms with van der Waals surface area (Å²) in [7, 11) is 1.55. The molecular weight excluding hydrogens is 298 g/mol. The molecule has 0 spiro atoms. The molecular formula is C13H12BrNO3. The molecule has 0 atom stereocenters. The highest BCUT2D eigenvalue weighted by Gasteiger charge is 2.22. The highest BCUT2D eigenvalue weighted by molar-refractivity contribution is 9.09. The van der Waals surface area contributed by atoms with Gasteiger partial charge in [-0.1, -0.05) is 51.4 Å². The first kappa shape index (κ1) is 13.0. The molecule has 0 amide bonds. The van der Waals surface area contributed by atoms with Crippen molar-refractivity contribution in [2.24, 2.45) is 0 Å². The molecule has 0 aliphatic carbocycles. The Bertz CT molecular complexity index is 536. The molecule has 0 unspecified atom stereocenters. The summed E-state index contributed by atoms with van der Waals surface area (Å²) < 4.78 is 10.2. The fraction of sp³-hybridized carbons (Fsp3) is 0.231. The number of rotatable bonds is 5. The standard InChI is InChI=1S/C13H12BrNO3/c1-17-8-11-12(10(16)7-14)13(15-18-11)9-5-3-2-4-6-9/h2-6H,7-8H2,1H3. The summed E-state index contributed by atoms with van der Waals surface area (Å²) in [6, 6.07) is 9.47. The Balaban J connectivity index is 2.51. The molecule has 1 heterocycles. The second-order valence-electron chi connectivity index (χ2n) is 3.69. The van der Waals surface area contributed by atoms with Crippen LogP contribution in [0.1, 0.15) is 16.1 Å². The third kappa shape index (κ3) is 2.52. The van der Waals surface area contributed by atoms with Crippen molar-refractivity contribution < 1.29 is 14.1 Å². The van der Waals surface area contributed by atoms with E-state index in [0.717, 1.165) is 5.56 Å². The largest absolute Gasteiger partial charge is 0.377 e. The van der Waals surface area contributed by atoms with Crippen LogP contribution in [0.3, 0.4) is 0 Å². The molecule has 0 saturated heterocycles. The van der Waals surface area contributed by atoms with Crippen LogP contribution in [0.15, 0.2) is 34.9 Å². The molecule has 4 nitrogen and oxygen atoms in total. The second kappa shape index (κ2) is 5.93. The predicted molar refractivity (Wildman–Crippen MR) is 70.8 cm³/mol. The summed E-state index contributed by atoms with van der Waals surface area (Å²) in [5, 5.41) is 4.20. The lowest BCUT2D eigenvalue weighted by Gasteiger charge is -2.01. The van der Waals surface area contributed by atoms with E-state index in [4.69, 9.17) is 9.26 Å². The maximum Gasteiger partial charge on any atom is 0.179 e. The van der Waals surface area contributed by atoms with Crippen LogP contribution in [0.25, 0.3) is 11.3 Å². The van der Waals surface area contributed by atoms with E-state index < -0.39 is 0 Å². The van der Waals surface area contributed by atoms with Crippen LogP contribution in [0.4, 0.5) is 0 Å². The number of alkyl halides is 1. The Kier molecular flexibility index (Phi) is 4.28. The Hall–Kier alpha value is -1.46. The van der Waals surface area contributed by atoms with Gasteiger partial charge in [-0.25, -0.2) is 0 Å². The van der Waals surface area contributed by atoms with E-state index in [9.17, 15) is 4.79 Å². The molecule has 0 fully saturated rings. The predicted octanol–water partition coefficient (Wildman–Crippen LogP) is 3.07. The third-order valence-corrected chi connectivity index (χ3v) is 2.99. The average Bonchev–Trinajstić information content (AvgIpc) is 2.83. The average molecular weight is 310 g/mol. The summed E-state index contributed by atoms with van der Waals surface area (Å²) in [6.45, 7) is 0.230. The minimum absolute atomic E-state index is 0.0675. The number of nitrogens with zero attached hydrogens (tertiary/aromatic N) is 1. The van der Waals surface area contributed by atoms with Crippen molar-refractivity contribution in [1.82, 2.24) is 5.16 Å². The molecule has 0 bridgehead atoms. The molecule has 5 heteroatoms. The molecule has 2 rings (SSSR count). The van der Waals surface area contributed by atoms with Crippen LogP contribution in [-0.4, -0.2) is 23.4 Å². The number of ether oxygens (including phenoxy) is 1. The summed E-state index contributed by atoms with van der Waals surface area (Å²) in [5.41, 5.74) is 1.90. The topological polar surface area (TPSA) is 52.3 Å². The number of hydrogen-bond acceptors (Lipinski definition) is 4. The van der Waals surface area contributed by atoms with Gasteiger partial charge in [0.2, 0.25) is 0 Å². The maximum absolute atomic E-state index is 12.0. The first-order valence-electron chi connectivity index (χ1n) is 5.40. The van der Waals surface area contributed by atoms with Crippen LogP contribution in [-0.2, 0) is 11.3 Å². The van der Waals surface area contributed by atoms with E-state index in [2.05, 4.69) is 21.1 Å². The van der Waals surface area contributed by atoms with E-state index in [-0.39, 0.29) is 17.7 Å². The normalized spacial score (nSPS) is 10.6. The van der Waals surface area contributed by atoms with Crippen LogP contribution in [0.5, 0.6) is 0 Å². The van der Waals surface area contributed by atoms with Crippen molar-refractivity contribution in [1.29, 1.82) is 0 Å². The number of ketones is 1. The van der Waals surface area contributed by atoms with Crippen LogP contribution in [0.2, 0.25) is 0 Å². The van der Waals surface area contributed by atoms with Gasteiger partial charge in [-0.15, -0.1) is 0 Å². The van der Waals surface area contributed by atoms with Crippen molar-refractivity contribution >= 4 is 21.7 Å². The lowest BCUT2D eigenvalue weighted by Crippen LogP contribution is -2.04. The van der Waals surface area contributed by atoms with Crippen molar-refractivity contribution in [2.75, 3.05) is 12.4 Å². The van der Waals surface area contributed by atoms with Gasteiger partial charge in [-0.2, -0.15) is 0 Å². The van der Waals surface area contributed by atoms with Crippen molar-refractivity contribution in [3.8, 4) is 11.3 Å². The van der Waals surface area contributed by atoms with E-state index in [0.29, 0.717) is 17.0 Å². The number of halogens is 1. The second-order valence-corrected chi connectivity index (χ2v) is 4.25. The smallest absolute Gasteiger partial charge is 0.179 e. The molecule has 94 valence electrons. The number of hydrogen-bond donors (Lipinski definition) is 0. The molecule has 18 heavy (non-hydrogen) atoms. The van der Waals surface area contributed by atoms with Gasteiger partial charge in [0.25, 0.3) is 0 Å². The zero-order chi connectivity index (χ0) is 13.0. The van der Waals surface area contributed by atoms with E-state index in [1.165, 1.54) is 0 Å². The molecule has 0 aliphatic heterocycles. The molecule has 1 aromatic carbocycles. The first-order valence-corrected chi connectivity index (χ1v) is 6.52. The Morgan fingerprint density at radius 1 is 1.39 bits per heavy atom. The number of Topliss-reactive ketones (excluding diaryl/α,β-unsaturated/α-hetero) is 1. The number of aromatic nitrogens is 1. The molecule has 0 N–H and O–H groups in total. The van der Waals surface area contributed by atoms with Crippen LogP contribution < -0.4 is 0 Å². The monoisotopic (exact) mass is 309 g/mol. The minimum Gasteiger partial charge on any atom is -0.377 e. The maximum atomic E-state index is 12.0. The van der Waals surface area contributed by atoms with E-state index >= 15 is 0 Å². The summed E-state index contributed by atoms with van der Waals surface area (Å²) in [5.74, 6) is 0.392. The van der Waals surface area contributed by atoms with Gasteiger partial charge in [0.1, 0.15) is 12.3 Å². The quantitative estimate of drug-likeness (QED) is 0.629. The number of benzene rings is 1. The van der Waals surface area contributed by atoms with Crippen LogP contribution in [0, 0.1) is 0 Å². The van der Waals surface area contributed by atoms with Gasteiger partial charge in [-0.05, 0) is 0 Å². The molecule has 1 aromatic heterocycles. The molecule has 0 aliphatic rings. The zero-order valence-corrected chi connectivity index (χ0v) is 11.4. The van der Waals surface area contributed by atoms with Crippen molar-refractivity contribution in [3.05, 3.63) is 41.7 Å². The van der Waals surface area contributed by atoms with Crippen molar-refractivity contribution in [3.63, 3.8) is 0 Å². The van der Waals surface area contributed by atoms with Gasteiger partial charge in [0, 0.05) is 12.7 Å². The summed E-state index contributed by atoms with van der Waals surface area (Å²) in [6.07, 6.45) is 0. The van der Waals surface area contributed by atoms with Crippen LogP contribution >= 0.6 is 15.9 Å². The summed E-state index contributed by atoms with van der Waals surface area (Å²) in [4.78, 5) is 12.0. The minimum atomic E-state index is -0.0675. The van der Waals surface area contributed by atoms with Gasteiger partial charge in [0.15, 0.2) is 11.5 Å². The Morgan fingerprint density at radius 3 is 2.72 bits per heavy atom. The van der Waals surface area contributed by atoms with Gasteiger partial charge < -0.3 is 9.26 Å². The van der Waals surface area contributed by atoms with Gasteiger partial charge in [-0.3, -0.25) is 4.79 Å². The lowest BCUT2D eigenvalue weighted by atomic mass is 10.0. The highest BCUT2D eigenvalue weighted by Crippen LogP contribution is 2.26. The van der Waals surface area contributed by atoms with Gasteiger partial charge >= 0.3 is 0 Å². The van der Waals surface area contributed by atoms with E-state index in [1.54, 1.807) is 7.11 Å². The number of carbonyl (C=O) groups excluding carboxylic acids is 1. The third-order valence-electron chi connectivity index (χ3n) is 2.49. The fourth-order valence-corrected chi connectivity index (χ4v) is 1.98. The Morgan fingerprint density at radius 2 is 2.11 bits per heavy atom.